The Kier molecular flexibility index (Phi) is 7.62. The molecule has 1 aromatic carbocycles. The standard InChI is InChI=1S/C20H27ClN2O3S/c1-14(2)27-11-10-25-16-8-6-15(7-9-16)13-26-17-12-22-23(20(3,4)5)19(24)18(17)21/h6-9,12,14H,10-11,13H2,1-5H3. The fourth-order valence-corrected chi connectivity index (χ4v) is 3.12. The molecule has 0 N–H and O–H groups in total. The third kappa shape index (κ3) is 6.47. The molecule has 0 bridgehead atoms. The number of halogens is 1. The fourth-order valence-electron chi connectivity index (χ4n) is 2.28. The van der Waals surface area contributed by atoms with Crippen molar-refractivity contribution in [1.82, 2.24) is 9.78 Å². The first-order valence-corrected chi connectivity index (χ1v) is 10.4. The smallest absolute Gasteiger partial charge is 0.289 e. The molecule has 0 saturated heterocycles. The van der Waals surface area contributed by atoms with Crippen molar-refractivity contribution in [2.75, 3.05) is 12.4 Å². The van der Waals surface area contributed by atoms with Gasteiger partial charge in [0.1, 0.15) is 12.4 Å². The van der Waals surface area contributed by atoms with Gasteiger partial charge in [-0.3, -0.25) is 4.79 Å². The van der Waals surface area contributed by atoms with Gasteiger partial charge in [0.05, 0.1) is 18.3 Å². The Bertz CT molecular complexity index is 798. The Balaban J connectivity index is 1.93. The van der Waals surface area contributed by atoms with Crippen LogP contribution in [0.3, 0.4) is 0 Å². The highest BCUT2D eigenvalue weighted by Crippen LogP contribution is 2.22. The summed E-state index contributed by atoms with van der Waals surface area (Å²) in [5, 5.41) is 4.82. The van der Waals surface area contributed by atoms with Gasteiger partial charge in [-0.2, -0.15) is 16.9 Å². The van der Waals surface area contributed by atoms with Crippen molar-refractivity contribution in [3.8, 4) is 11.5 Å². The number of ether oxygens (including phenoxy) is 2. The van der Waals surface area contributed by atoms with Crippen molar-refractivity contribution < 1.29 is 9.47 Å². The van der Waals surface area contributed by atoms with E-state index >= 15 is 0 Å². The molecule has 2 aromatic rings. The van der Waals surface area contributed by atoms with Crippen molar-refractivity contribution in [2.45, 2.75) is 52.0 Å². The Hall–Kier alpha value is -1.66. The monoisotopic (exact) mass is 410 g/mol. The van der Waals surface area contributed by atoms with Crippen LogP contribution in [0, 0.1) is 0 Å². The van der Waals surface area contributed by atoms with Gasteiger partial charge in [-0.25, -0.2) is 4.68 Å². The molecular weight excluding hydrogens is 384 g/mol. The summed E-state index contributed by atoms with van der Waals surface area (Å²) in [4.78, 5) is 12.3. The molecule has 0 aliphatic heterocycles. The van der Waals surface area contributed by atoms with Crippen molar-refractivity contribution in [1.29, 1.82) is 0 Å². The Morgan fingerprint density at radius 3 is 2.44 bits per heavy atom. The third-order valence-corrected chi connectivity index (χ3v) is 5.06. The zero-order chi connectivity index (χ0) is 20.0. The van der Waals surface area contributed by atoms with E-state index in [0.29, 0.717) is 18.5 Å². The first-order valence-electron chi connectivity index (χ1n) is 8.93. The van der Waals surface area contributed by atoms with Gasteiger partial charge in [-0.1, -0.05) is 37.6 Å². The van der Waals surface area contributed by atoms with Crippen LogP contribution in [0.2, 0.25) is 5.02 Å². The molecule has 27 heavy (non-hydrogen) atoms. The van der Waals surface area contributed by atoms with E-state index in [-0.39, 0.29) is 16.3 Å². The molecule has 0 radical (unpaired) electrons. The van der Waals surface area contributed by atoms with Crippen molar-refractivity contribution >= 4 is 23.4 Å². The summed E-state index contributed by atoms with van der Waals surface area (Å²) in [7, 11) is 0. The molecule has 1 heterocycles. The van der Waals surface area contributed by atoms with E-state index in [1.807, 2.05) is 56.8 Å². The van der Waals surface area contributed by atoms with Crippen molar-refractivity contribution in [2.24, 2.45) is 0 Å². The second kappa shape index (κ2) is 9.51. The summed E-state index contributed by atoms with van der Waals surface area (Å²) in [6.45, 7) is 11.0. The summed E-state index contributed by atoms with van der Waals surface area (Å²) < 4.78 is 12.8. The molecule has 0 unspecified atom stereocenters. The lowest BCUT2D eigenvalue weighted by Gasteiger charge is -2.21. The van der Waals surface area contributed by atoms with Crippen molar-refractivity contribution in [3.63, 3.8) is 0 Å². The summed E-state index contributed by atoms with van der Waals surface area (Å²) in [6.07, 6.45) is 1.48. The normalized spacial score (nSPS) is 11.7. The fraction of sp³-hybridized carbons (Fsp3) is 0.500. The Morgan fingerprint density at radius 1 is 1.19 bits per heavy atom. The van der Waals surface area contributed by atoms with Gasteiger partial charge in [0, 0.05) is 5.75 Å². The number of thioether (sulfide) groups is 1. The molecule has 0 aliphatic carbocycles. The molecule has 0 saturated carbocycles. The Morgan fingerprint density at radius 2 is 1.85 bits per heavy atom. The van der Waals surface area contributed by atoms with E-state index in [9.17, 15) is 4.79 Å². The largest absolute Gasteiger partial charge is 0.493 e. The van der Waals surface area contributed by atoms with Crippen LogP contribution >= 0.6 is 23.4 Å². The average molecular weight is 411 g/mol. The Labute approximate surface area is 170 Å². The van der Waals surface area contributed by atoms with Crippen LogP contribution in [0.4, 0.5) is 0 Å². The maximum Gasteiger partial charge on any atom is 0.289 e. The molecule has 1 aromatic heterocycles. The molecule has 0 aliphatic rings. The summed E-state index contributed by atoms with van der Waals surface area (Å²) in [5.74, 6) is 2.08. The van der Waals surface area contributed by atoms with Gasteiger partial charge >= 0.3 is 0 Å². The highest BCUT2D eigenvalue weighted by Gasteiger charge is 2.19. The lowest BCUT2D eigenvalue weighted by Crippen LogP contribution is -2.36. The van der Waals surface area contributed by atoms with E-state index in [2.05, 4.69) is 18.9 Å². The minimum absolute atomic E-state index is 0.0440. The highest BCUT2D eigenvalue weighted by molar-refractivity contribution is 7.99. The predicted molar refractivity (Wildman–Crippen MR) is 112 cm³/mol. The molecule has 5 nitrogen and oxygen atoms in total. The maximum atomic E-state index is 12.3. The SMILES string of the molecule is CC(C)SCCOc1ccc(COc2cnn(C(C)(C)C)c(=O)c2Cl)cc1. The van der Waals surface area contributed by atoms with Gasteiger partial charge in [-0.05, 0) is 43.7 Å². The van der Waals surface area contributed by atoms with Crippen LogP contribution in [0.1, 0.15) is 40.2 Å². The summed E-state index contributed by atoms with van der Waals surface area (Å²) in [5.41, 5.74) is 0.155. The lowest BCUT2D eigenvalue weighted by atomic mass is 10.1. The van der Waals surface area contributed by atoms with Gasteiger partial charge in [-0.15, -0.1) is 0 Å². The lowest BCUT2D eigenvalue weighted by molar-refractivity contribution is 0.292. The van der Waals surface area contributed by atoms with Crippen LogP contribution in [0.25, 0.3) is 0 Å². The quantitative estimate of drug-likeness (QED) is 0.587. The van der Waals surface area contributed by atoms with Gasteiger partial charge in [0.15, 0.2) is 10.8 Å². The summed E-state index contributed by atoms with van der Waals surface area (Å²) >= 11 is 8.04. The van der Waals surface area contributed by atoms with Crippen LogP contribution in [-0.4, -0.2) is 27.4 Å². The van der Waals surface area contributed by atoms with Crippen LogP contribution < -0.4 is 15.0 Å². The molecule has 7 heteroatoms. The predicted octanol–water partition coefficient (Wildman–Crippen LogP) is 4.75. The minimum atomic E-state index is -0.442. The number of benzene rings is 1. The van der Waals surface area contributed by atoms with E-state index in [4.69, 9.17) is 21.1 Å². The molecule has 148 valence electrons. The van der Waals surface area contributed by atoms with Gasteiger partial charge < -0.3 is 9.47 Å². The third-order valence-electron chi connectivity index (χ3n) is 3.64. The zero-order valence-electron chi connectivity index (χ0n) is 16.5. The number of hydrogen-bond acceptors (Lipinski definition) is 5. The highest BCUT2D eigenvalue weighted by atomic mass is 35.5. The topological polar surface area (TPSA) is 53.4 Å². The maximum absolute atomic E-state index is 12.3. The van der Waals surface area contributed by atoms with Crippen LogP contribution in [0.5, 0.6) is 11.5 Å². The van der Waals surface area contributed by atoms with E-state index in [0.717, 1.165) is 17.1 Å². The average Bonchev–Trinajstić information content (AvgIpc) is 2.60. The molecule has 0 atom stereocenters. The molecule has 2 rings (SSSR count). The zero-order valence-corrected chi connectivity index (χ0v) is 18.1. The van der Waals surface area contributed by atoms with Gasteiger partial charge in [0.25, 0.3) is 5.56 Å². The van der Waals surface area contributed by atoms with Gasteiger partial charge in [0.2, 0.25) is 0 Å². The number of rotatable bonds is 8. The summed E-state index contributed by atoms with van der Waals surface area (Å²) in [6, 6.07) is 7.69. The second-order valence-electron chi connectivity index (χ2n) is 7.41. The van der Waals surface area contributed by atoms with E-state index in [1.165, 1.54) is 10.9 Å². The molecular formula is C20H27ClN2O3S. The van der Waals surface area contributed by atoms with Crippen molar-refractivity contribution in [3.05, 3.63) is 51.4 Å². The first kappa shape index (κ1) is 21.6. The van der Waals surface area contributed by atoms with Crippen LogP contribution in [-0.2, 0) is 12.1 Å². The molecule has 0 amide bonds. The first-order chi connectivity index (χ1) is 12.7. The number of nitrogens with zero attached hydrogens (tertiary/aromatic N) is 2. The number of hydrogen-bond donors (Lipinski definition) is 0. The van der Waals surface area contributed by atoms with Crippen LogP contribution in [0.15, 0.2) is 35.3 Å². The minimum Gasteiger partial charge on any atom is -0.493 e. The molecule has 0 spiro atoms. The molecule has 0 fully saturated rings. The number of aromatic nitrogens is 2. The van der Waals surface area contributed by atoms with E-state index in [1.54, 1.807) is 0 Å². The van der Waals surface area contributed by atoms with E-state index < -0.39 is 5.54 Å². The second-order valence-corrected chi connectivity index (χ2v) is 9.47.